The zero-order chi connectivity index (χ0) is 21.9. The van der Waals surface area contributed by atoms with Crippen molar-refractivity contribution in [1.82, 2.24) is 10.6 Å². The zero-order valence-corrected chi connectivity index (χ0v) is 19.9. The number of carbonyl (C=O) groups excluding carboxylic acids is 2. The first-order valence-corrected chi connectivity index (χ1v) is 13.2. The van der Waals surface area contributed by atoms with Crippen molar-refractivity contribution in [3.63, 3.8) is 0 Å². The molecule has 1 saturated carbocycles. The van der Waals surface area contributed by atoms with Crippen LogP contribution in [0, 0.1) is 11.8 Å². The first-order chi connectivity index (χ1) is 13.6. The van der Waals surface area contributed by atoms with Gasteiger partial charge in [0.15, 0.2) is 0 Å². The third-order valence-electron chi connectivity index (χ3n) is 5.57. The molecule has 1 fully saturated rings. The van der Waals surface area contributed by atoms with Gasteiger partial charge in [-0.2, -0.15) is 0 Å². The molecule has 0 bridgehead atoms. The highest BCUT2D eigenvalue weighted by atomic mass is 33.1. The fourth-order valence-electron chi connectivity index (χ4n) is 3.87. The number of amides is 2. The second-order valence-electron chi connectivity index (χ2n) is 8.75. The van der Waals surface area contributed by atoms with Gasteiger partial charge in [0, 0.05) is 30.4 Å². The van der Waals surface area contributed by atoms with E-state index in [0.717, 1.165) is 6.42 Å². The Kier molecular flexibility index (Phi) is 12.1. The van der Waals surface area contributed by atoms with E-state index in [-0.39, 0.29) is 23.1 Å². The number of aliphatic carboxylic acids is 1. The predicted molar refractivity (Wildman–Crippen MR) is 122 cm³/mol. The summed E-state index contributed by atoms with van der Waals surface area (Å²) >= 11 is 0. The van der Waals surface area contributed by atoms with Crippen molar-refractivity contribution in [2.24, 2.45) is 11.8 Å². The molecule has 29 heavy (non-hydrogen) atoms. The Bertz CT molecular complexity index is 543. The van der Waals surface area contributed by atoms with E-state index in [1.807, 2.05) is 0 Å². The summed E-state index contributed by atoms with van der Waals surface area (Å²) in [6.45, 7) is 7.92. The molecule has 3 atom stereocenters. The maximum atomic E-state index is 12.5. The topological polar surface area (TPSA) is 95.5 Å². The standard InChI is InChI=1S/C21H38N2O4S2/c1-15-9-7-5-6-8-10-17(13-15)21(3,4)23-19(25)11-12-28-29-14-18(20(26)27)22-16(2)24/h15,17-18H,5-14H2,1-4H3,(H,22,24)(H,23,25)(H,26,27). The van der Waals surface area contributed by atoms with Gasteiger partial charge in [-0.1, -0.05) is 60.6 Å². The second kappa shape index (κ2) is 13.4. The van der Waals surface area contributed by atoms with E-state index in [0.29, 0.717) is 24.0 Å². The fourth-order valence-corrected chi connectivity index (χ4v) is 6.01. The molecule has 3 N–H and O–H groups in total. The molecular formula is C21H38N2O4S2. The SMILES string of the molecule is CC(=O)NC(CSSCCC(=O)NC(C)(C)C1CCCCCCC(C)C1)C(=O)O. The van der Waals surface area contributed by atoms with Crippen molar-refractivity contribution in [3.05, 3.63) is 0 Å². The molecule has 8 heteroatoms. The largest absolute Gasteiger partial charge is 0.480 e. The molecule has 3 unspecified atom stereocenters. The lowest BCUT2D eigenvalue weighted by Gasteiger charge is -2.37. The van der Waals surface area contributed by atoms with E-state index < -0.39 is 12.0 Å². The third-order valence-corrected chi connectivity index (χ3v) is 7.99. The molecule has 0 aromatic heterocycles. The molecule has 1 aliphatic carbocycles. The number of hydrogen-bond acceptors (Lipinski definition) is 5. The van der Waals surface area contributed by atoms with Crippen LogP contribution in [0.5, 0.6) is 0 Å². The summed E-state index contributed by atoms with van der Waals surface area (Å²) in [5, 5.41) is 14.7. The first kappa shape index (κ1) is 26.1. The summed E-state index contributed by atoms with van der Waals surface area (Å²) < 4.78 is 0. The van der Waals surface area contributed by atoms with Crippen LogP contribution in [0.3, 0.4) is 0 Å². The summed E-state index contributed by atoms with van der Waals surface area (Å²) in [6.07, 6.45) is 9.19. The molecule has 1 rings (SSSR count). The van der Waals surface area contributed by atoms with Gasteiger partial charge >= 0.3 is 5.97 Å². The van der Waals surface area contributed by atoms with Crippen LogP contribution in [-0.2, 0) is 14.4 Å². The van der Waals surface area contributed by atoms with Gasteiger partial charge in [0.1, 0.15) is 6.04 Å². The number of carbonyl (C=O) groups is 3. The lowest BCUT2D eigenvalue weighted by Crippen LogP contribution is -2.49. The number of rotatable bonds is 10. The minimum absolute atomic E-state index is 0.0484. The second-order valence-corrected chi connectivity index (χ2v) is 11.4. The summed E-state index contributed by atoms with van der Waals surface area (Å²) in [5.74, 6) is 0.725. The van der Waals surface area contributed by atoms with Gasteiger partial charge in [0.05, 0.1) is 0 Å². The summed E-state index contributed by atoms with van der Waals surface area (Å²) in [4.78, 5) is 34.6. The molecule has 0 spiro atoms. The Hall–Kier alpha value is -0.890. The summed E-state index contributed by atoms with van der Waals surface area (Å²) in [7, 11) is 2.83. The van der Waals surface area contributed by atoms with Crippen molar-refractivity contribution in [1.29, 1.82) is 0 Å². The molecule has 0 aromatic rings. The summed E-state index contributed by atoms with van der Waals surface area (Å²) in [5.41, 5.74) is -0.215. The predicted octanol–water partition coefficient (Wildman–Crippen LogP) is 4.24. The van der Waals surface area contributed by atoms with Crippen LogP contribution in [0.25, 0.3) is 0 Å². The van der Waals surface area contributed by atoms with Crippen molar-refractivity contribution in [2.45, 2.75) is 90.6 Å². The highest BCUT2D eigenvalue weighted by Crippen LogP contribution is 2.33. The zero-order valence-electron chi connectivity index (χ0n) is 18.3. The Morgan fingerprint density at radius 1 is 1.10 bits per heavy atom. The number of carboxylic acids is 1. The lowest BCUT2D eigenvalue weighted by atomic mass is 9.78. The van der Waals surface area contributed by atoms with Gasteiger partial charge in [-0.25, -0.2) is 4.79 Å². The highest BCUT2D eigenvalue weighted by Gasteiger charge is 2.32. The van der Waals surface area contributed by atoms with Crippen LogP contribution >= 0.6 is 21.6 Å². The average molecular weight is 447 g/mol. The van der Waals surface area contributed by atoms with E-state index in [1.54, 1.807) is 0 Å². The van der Waals surface area contributed by atoms with Gasteiger partial charge in [-0.3, -0.25) is 9.59 Å². The highest BCUT2D eigenvalue weighted by molar-refractivity contribution is 8.76. The molecule has 0 aromatic carbocycles. The molecule has 168 valence electrons. The van der Waals surface area contributed by atoms with Gasteiger partial charge < -0.3 is 15.7 Å². The Balaban J connectivity index is 2.37. The molecule has 2 amide bonds. The lowest BCUT2D eigenvalue weighted by molar-refractivity contribution is -0.140. The quantitative estimate of drug-likeness (QED) is 0.343. The Morgan fingerprint density at radius 3 is 2.38 bits per heavy atom. The van der Waals surface area contributed by atoms with Crippen LogP contribution in [0.15, 0.2) is 0 Å². The maximum absolute atomic E-state index is 12.5. The molecule has 0 aliphatic heterocycles. The number of nitrogens with one attached hydrogen (secondary N) is 2. The van der Waals surface area contributed by atoms with Crippen LogP contribution in [0.1, 0.15) is 79.1 Å². The molecule has 0 saturated heterocycles. The molecule has 6 nitrogen and oxygen atoms in total. The van der Waals surface area contributed by atoms with E-state index >= 15 is 0 Å². The van der Waals surface area contributed by atoms with Gasteiger partial charge in [-0.05, 0) is 38.5 Å². The third kappa shape index (κ3) is 11.2. The first-order valence-electron chi connectivity index (χ1n) is 10.7. The molecule has 1 aliphatic rings. The monoisotopic (exact) mass is 446 g/mol. The van der Waals surface area contributed by atoms with Crippen molar-refractivity contribution < 1.29 is 19.5 Å². The van der Waals surface area contributed by atoms with Gasteiger partial charge in [-0.15, -0.1) is 0 Å². The van der Waals surface area contributed by atoms with Crippen LogP contribution in [0.4, 0.5) is 0 Å². The van der Waals surface area contributed by atoms with Gasteiger partial charge in [0.25, 0.3) is 0 Å². The van der Waals surface area contributed by atoms with Gasteiger partial charge in [0.2, 0.25) is 11.8 Å². The number of hydrogen-bond donors (Lipinski definition) is 3. The van der Waals surface area contributed by atoms with Crippen molar-refractivity contribution in [2.75, 3.05) is 11.5 Å². The minimum Gasteiger partial charge on any atom is -0.480 e. The fraction of sp³-hybridized carbons (Fsp3) is 0.857. The Labute approximate surface area is 183 Å². The van der Waals surface area contributed by atoms with Crippen LogP contribution in [0.2, 0.25) is 0 Å². The molecular weight excluding hydrogens is 408 g/mol. The van der Waals surface area contributed by atoms with Crippen LogP contribution in [-0.4, -0.2) is 46.0 Å². The van der Waals surface area contributed by atoms with Crippen molar-refractivity contribution >= 4 is 39.4 Å². The van der Waals surface area contributed by atoms with E-state index in [4.69, 9.17) is 5.11 Å². The maximum Gasteiger partial charge on any atom is 0.327 e. The minimum atomic E-state index is -1.04. The normalized spacial score (nSPS) is 21.9. The number of carboxylic acid groups (broad SMARTS) is 1. The van der Waals surface area contributed by atoms with E-state index in [2.05, 4.69) is 31.4 Å². The van der Waals surface area contributed by atoms with E-state index in [1.165, 1.54) is 67.0 Å². The molecule has 0 heterocycles. The average Bonchev–Trinajstić information content (AvgIpc) is 2.71. The summed E-state index contributed by atoms with van der Waals surface area (Å²) in [6, 6.07) is -0.900. The van der Waals surface area contributed by atoms with Crippen molar-refractivity contribution in [3.8, 4) is 0 Å². The molecule has 0 radical (unpaired) electrons. The van der Waals surface area contributed by atoms with E-state index in [9.17, 15) is 14.4 Å². The van der Waals surface area contributed by atoms with Crippen LogP contribution < -0.4 is 10.6 Å². The Morgan fingerprint density at radius 2 is 1.76 bits per heavy atom. The smallest absolute Gasteiger partial charge is 0.327 e.